The first-order valence-electron chi connectivity index (χ1n) is 5.61. The number of halogens is 4. The molecule has 0 aliphatic heterocycles. The van der Waals surface area contributed by atoms with Crippen LogP contribution in [-0.4, -0.2) is 0 Å². The minimum Gasteiger partial charge on any atom is -0.379 e. The van der Waals surface area contributed by atoms with Crippen LogP contribution < -0.4 is 5.32 Å². The summed E-state index contributed by atoms with van der Waals surface area (Å²) in [4.78, 5) is 0. The monoisotopic (exact) mass is 329 g/mol. The van der Waals surface area contributed by atoms with Gasteiger partial charge < -0.3 is 5.32 Å². The summed E-state index contributed by atoms with van der Waals surface area (Å²) in [6.45, 7) is 2.27. The molecule has 2 aromatic rings. The molecule has 2 aromatic carbocycles. The second kappa shape index (κ2) is 5.65. The van der Waals surface area contributed by atoms with E-state index in [2.05, 4.69) is 21.2 Å². The zero-order valence-electron chi connectivity index (χ0n) is 10.1. The predicted octanol–water partition coefficient (Wildman–Crippen LogP) is 4.79. The Kier molecular flexibility index (Phi) is 4.14. The van der Waals surface area contributed by atoms with Gasteiger partial charge in [-0.2, -0.15) is 0 Å². The van der Waals surface area contributed by atoms with Crippen molar-refractivity contribution in [3.63, 3.8) is 0 Å². The van der Waals surface area contributed by atoms with Gasteiger partial charge in [-0.1, -0.05) is 28.1 Å². The average Bonchev–Trinajstić information content (AvgIpc) is 2.39. The Bertz CT molecular complexity index is 614. The van der Waals surface area contributed by atoms with E-state index in [-0.39, 0.29) is 5.69 Å². The Morgan fingerprint density at radius 3 is 2.47 bits per heavy atom. The van der Waals surface area contributed by atoms with Gasteiger partial charge in [0.25, 0.3) is 0 Å². The molecule has 0 fully saturated rings. The number of hydrogen-bond donors (Lipinski definition) is 1. The maximum absolute atomic E-state index is 13.4. The molecule has 0 heterocycles. The lowest BCUT2D eigenvalue weighted by Crippen LogP contribution is -2.04. The number of hydrogen-bond acceptors (Lipinski definition) is 1. The highest BCUT2D eigenvalue weighted by atomic mass is 79.9. The van der Waals surface area contributed by atoms with Crippen molar-refractivity contribution in [1.29, 1.82) is 0 Å². The zero-order chi connectivity index (χ0) is 14.0. The molecule has 5 heteroatoms. The minimum atomic E-state index is -1.46. The van der Waals surface area contributed by atoms with E-state index in [1.54, 1.807) is 0 Å². The summed E-state index contributed by atoms with van der Waals surface area (Å²) < 4.78 is 40.2. The van der Waals surface area contributed by atoms with Gasteiger partial charge in [-0.25, -0.2) is 13.2 Å². The van der Waals surface area contributed by atoms with E-state index >= 15 is 0 Å². The maximum atomic E-state index is 13.4. The van der Waals surface area contributed by atoms with Crippen molar-refractivity contribution >= 4 is 21.6 Å². The number of aryl methyl sites for hydroxylation is 1. The summed E-state index contributed by atoms with van der Waals surface area (Å²) in [7, 11) is 0. The van der Waals surface area contributed by atoms with E-state index in [0.717, 1.165) is 21.7 Å². The van der Waals surface area contributed by atoms with Crippen molar-refractivity contribution < 1.29 is 13.2 Å². The largest absolute Gasteiger partial charge is 0.379 e. The van der Waals surface area contributed by atoms with Crippen LogP contribution in [0.2, 0.25) is 0 Å². The molecule has 2 rings (SSSR count). The van der Waals surface area contributed by atoms with Gasteiger partial charge in [0.1, 0.15) is 0 Å². The van der Waals surface area contributed by atoms with Crippen LogP contribution >= 0.6 is 15.9 Å². The highest BCUT2D eigenvalue weighted by Gasteiger charge is 2.12. The molecule has 0 saturated heterocycles. The van der Waals surface area contributed by atoms with Gasteiger partial charge in [0.15, 0.2) is 17.5 Å². The minimum absolute atomic E-state index is 0.0560. The first kappa shape index (κ1) is 13.9. The van der Waals surface area contributed by atoms with E-state index in [9.17, 15) is 13.2 Å². The number of anilines is 1. The molecule has 0 radical (unpaired) electrons. The van der Waals surface area contributed by atoms with Gasteiger partial charge in [0, 0.05) is 11.0 Å². The summed E-state index contributed by atoms with van der Waals surface area (Å²) >= 11 is 3.38. The first-order chi connectivity index (χ1) is 8.99. The van der Waals surface area contributed by atoms with Crippen molar-refractivity contribution in [2.45, 2.75) is 13.5 Å². The Morgan fingerprint density at radius 1 is 1.05 bits per heavy atom. The average molecular weight is 330 g/mol. The number of nitrogens with one attached hydrogen (secondary N) is 1. The number of benzene rings is 2. The van der Waals surface area contributed by atoms with Gasteiger partial charge in [-0.3, -0.25) is 0 Å². The van der Waals surface area contributed by atoms with Crippen molar-refractivity contribution in [2.24, 2.45) is 0 Å². The molecular formula is C14H11BrF3N. The highest BCUT2D eigenvalue weighted by Crippen LogP contribution is 2.21. The third-order valence-corrected chi connectivity index (χ3v) is 3.63. The second-order valence-electron chi connectivity index (χ2n) is 4.16. The molecule has 0 aliphatic carbocycles. The molecule has 19 heavy (non-hydrogen) atoms. The third-order valence-electron chi connectivity index (χ3n) is 2.74. The van der Waals surface area contributed by atoms with E-state index in [0.29, 0.717) is 6.54 Å². The highest BCUT2D eigenvalue weighted by molar-refractivity contribution is 9.10. The Morgan fingerprint density at radius 2 is 1.79 bits per heavy atom. The molecule has 0 spiro atoms. The molecule has 0 saturated carbocycles. The van der Waals surface area contributed by atoms with Crippen LogP contribution in [-0.2, 0) is 6.54 Å². The fourth-order valence-electron chi connectivity index (χ4n) is 1.68. The summed E-state index contributed by atoms with van der Waals surface area (Å²) in [5.74, 6) is -3.85. The molecule has 0 atom stereocenters. The van der Waals surface area contributed by atoms with E-state index in [1.807, 2.05) is 25.1 Å². The van der Waals surface area contributed by atoms with Crippen LogP contribution in [0.4, 0.5) is 18.9 Å². The molecule has 0 amide bonds. The normalized spacial score (nSPS) is 10.6. The lowest BCUT2D eigenvalue weighted by molar-refractivity contribution is 0.449. The molecular weight excluding hydrogens is 319 g/mol. The van der Waals surface area contributed by atoms with E-state index in [4.69, 9.17) is 0 Å². The second-order valence-corrected chi connectivity index (χ2v) is 5.01. The smallest absolute Gasteiger partial charge is 0.196 e. The standard InChI is InChI=1S/C14H11BrF3N/c1-8-6-9(2-3-10(8)15)7-19-12-5-4-11(16)13(17)14(12)18/h2-6,19H,7H2,1H3. The predicted molar refractivity (Wildman–Crippen MR) is 72.5 cm³/mol. The fraction of sp³-hybridized carbons (Fsp3) is 0.143. The molecule has 1 nitrogen and oxygen atoms in total. The first-order valence-corrected chi connectivity index (χ1v) is 6.40. The van der Waals surface area contributed by atoms with Gasteiger partial charge in [0.05, 0.1) is 5.69 Å². The maximum Gasteiger partial charge on any atom is 0.196 e. The lowest BCUT2D eigenvalue weighted by Gasteiger charge is -2.09. The van der Waals surface area contributed by atoms with Crippen LogP contribution in [0.15, 0.2) is 34.8 Å². The third kappa shape index (κ3) is 3.10. The van der Waals surface area contributed by atoms with Gasteiger partial charge in [-0.15, -0.1) is 0 Å². The van der Waals surface area contributed by atoms with Crippen molar-refractivity contribution in [1.82, 2.24) is 0 Å². The molecule has 100 valence electrons. The number of rotatable bonds is 3. The summed E-state index contributed by atoms with van der Waals surface area (Å²) in [5, 5.41) is 2.75. The molecule has 1 N–H and O–H groups in total. The van der Waals surface area contributed by atoms with Crippen LogP contribution in [0, 0.1) is 24.4 Å². The lowest BCUT2D eigenvalue weighted by atomic mass is 10.1. The SMILES string of the molecule is Cc1cc(CNc2ccc(F)c(F)c2F)ccc1Br. The van der Waals surface area contributed by atoms with Crippen LogP contribution in [0.25, 0.3) is 0 Å². The zero-order valence-corrected chi connectivity index (χ0v) is 11.7. The van der Waals surface area contributed by atoms with E-state index < -0.39 is 17.5 Å². The quantitative estimate of drug-likeness (QED) is 0.798. The Labute approximate surface area is 117 Å². The summed E-state index contributed by atoms with van der Waals surface area (Å²) in [5.41, 5.74) is 1.91. The van der Waals surface area contributed by atoms with Crippen molar-refractivity contribution in [3.05, 3.63) is 63.4 Å². The van der Waals surface area contributed by atoms with Crippen molar-refractivity contribution in [2.75, 3.05) is 5.32 Å². The summed E-state index contributed by atoms with van der Waals surface area (Å²) in [6, 6.07) is 7.75. The Balaban J connectivity index is 2.14. The molecule has 0 unspecified atom stereocenters. The molecule has 0 aliphatic rings. The van der Waals surface area contributed by atoms with E-state index in [1.165, 1.54) is 6.07 Å². The van der Waals surface area contributed by atoms with Crippen LogP contribution in [0.3, 0.4) is 0 Å². The van der Waals surface area contributed by atoms with Gasteiger partial charge >= 0.3 is 0 Å². The molecule has 0 aromatic heterocycles. The van der Waals surface area contributed by atoms with Crippen molar-refractivity contribution in [3.8, 4) is 0 Å². The fourth-order valence-corrected chi connectivity index (χ4v) is 1.92. The van der Waals surface area contributed by atoms with Gasteiger partial charge in [-0.05, 0) is 36.2 Å². The Hall–Kier alpha value is -1.49. The molecule has 0 bridgehead atoms. The van der Waals surface area contributed by atoms with Gasteiger partial charge in [0.2, 0.25) is 0 Å². The summed E-state index contributed by atoms with van der Waals surface area (Å²) in [6.07, 6.45) is 0. The topological polar surface area (TPSA) is 12.0 Å². The van der Waals surface area contributed by atoms with Crippen LogP contribution in [0.5, 0.6) is 0 Å². The van der Waals surface area contributed by atoms with Crippen LogP contribution in [0.1, 0.15) is 11.1 Å².